The summed E-state index contributed by atoms with van der Waals surface area (Å²) in [5.41, 5.74) is 3.04. The number of amides is 1. The summed E-state index contributed by atoms with van der Waals surface area (Å²) in [5.74, 6) is 2.42. The van der Waals surface area contributed by atoms with E-state index in [1.54, 1.807) is 0 Å². The first kappa shape index (κ1) is 26.5. The van der Waals surface area contributed by atoms with E-state index < -0.39 is 0 Å². The molecule has 36 heavy (non-hydrogen) atoms. The van der Waals surface area contributed by atoms with Crippen molar-refractivity contribution in [3.8, 4) is 5.75 Å². The van der Waals surface area contributed by atoms with Gasteiger partial charge in [-0.1, -0.05) is 38.1 Å². The van der Waals surface area contributed by atoms with Crippen LogP contribution in [0.1, 0.15) is 96.6 Å². The second-order valence-corrected chi connectivity index (χ2v) is 10.6. The van der Waals surface area contributed by atoms with E-state index in [1.807, 2.05) is 38.1 Å². The topological polar surface area (TPSA) is 47.6 Å². The summed E-state index contributed by atoms with van der Waals surface area (Å²) in [6, 6.07) is 8.03. The van der Waals surface area contributed by atoms with Crippen molar-refractivity contribution in [2.75, 3.05) is 6.61 Å². The molecule has 1 aromatic carbocycles. The third-order valence-electron chi connectivity index (χ3n) is 7.76. The van der Waals surface area contributed by atoms with Gasteiger partial charge in [0.25, 0.3) is 0 Å². The molecule has 1 aromatic rings. The Labute approximate surface area is 216 Å². The molecule has 2 fully saturated rings. The van der Waals surface area contributed by atoms with E-state index in [2.05, 4.69) is 24.4 Å². The molecule has 0 aromatic heterocycles. The number of hydrogen-bond acceptors (Lipinski definition) is 3. The zero-order valence-corrected chi connectivity index (χ0v) is 22.2. The van der Waals surface area contributed by atoms with Gasteiger partial charge in [0, 0.05) is 12.8 Å². The molecule has 1 amide bonds. The lowest BCUT2D eigenvalue weighted by Gasteiger charge is -2.30. The standard InChI is InChI=1S/C31H42FNO3/c1-4-24-7-6-8-29(35-20-23-9-10-23)31(32)28(24)19-22-11-15-26(16-12-22)36-27-17-13-25(14-18-27)21(3)33-30(34)5-2/h6-7,13-14,17-18,21-23,26H,4-5,8-12,15-16,19-20H2,1-3H3,(H,33,34). The number of nitrogens with one attached hydrogen (secondary N) is 1. The maximum Gasteiger partial charge on any atom is 0.220 e. The number of allylic oxidation sites excluding steroid dienone is 5. The van der Waals surface area contributed by atoms with Gasteiger partial charge in [-0.15, -0.1) is 0 Å². The summed E-state index contributed by atoms with van der Waals surface area (Å²) in [6.07, 6.45) is 13.5. The summed E-state index contributed by atoms with van der Waals surface area (Å²) in [7, 11) is 0. The van der Waals surface area contributed by atoms with Gasteiger partial charge in [0.05, 0.1) is 18.8 Å². The molecular formula is C31H42FNO3. The Hall–Kier alpha value is -2.56. The Kier molecular flexibility index (Phi) is 9.28. The minimum atomic E-state index is -0.111. The van der Waals surface area contributed by atoms with E-state index in [-0.39, 0.29) is 23.9 Å². The van der Waals surface area contributed by atoms with Crippen LogP contribution < -0.4 is 10.1 Å². The predicted molar refractivity (Wildman–Crippen MR) is 142 cm³/mol. The van der Waals surface area contributed by atoms with Crippen LogP contribution >= 0.6 is 0 Å². The molecule has 3 aliphatic carbocycles. The highest BCUT2D eigenvalue weighted by Crippen LogP contribution is 2.39. The Morgan fingerprint density at radius 2 is 1.75 bits per heavy atom. The average Bonchev–Trinajstić information content (AvgIpc) is 3.73. The van der Waals surface area contributed by atoms with E-state index in [9.17, 15) is 4.79 Å². The lowest BCUT2D eigenvalue weighted by Crippen LogP contribution is -2.26. The van der Waals surface area contributed by atoms with Crippen molar-refractivity contribution in [2.24, 2.45) is 11.8 Å². The third-order valence-corrected chi connectivity index (χ3v) is 7.76. The van der Waals surface area contributed by atoms with Crippen LogP contribution in [-0.2, 0) is 9.53 Å². The zero-order valence-electron chi connectivity index (χ0n) is 22.2. The number of carbonyl (C=O) groups excluding carboxylic acids is 1. The van der Waals surface area contributed by atoms with E-state index in [0.717, 1.165) is 61.0 Å². The number of hydrogen-bond donors (Lipinski definition) is 1. The van der Waals surface area contributed by atoms with Crippen molar-refractivity contribution in [2.45, 2.75) is 97.1 Å². The Balaban J connectivity index is 1.30. The van der Waals surface area contributed by atoms with Crippen LogP contribution in [-0.4, -0.2) is 18.6 Å². The maximum absolute atomic E-state index is 15.6. The van der Waals surface area contributed by atoms with E-state index in [0.29, 0.717) is 37.0 Å². The van der Waals surface area contributed by atoms with Crippen LogP contribution in [0.5, 0.6) is 5.75 Å². The van der Waals surface area contributed by atoms with Gasteiger partial charge in [-0.25, -0.2) is 4.39 Å². The average molecular weight is 496 g/mol. The number of rotatable bonds is 11. The maximum atomic E-state index is 15.6. The molecule has 0 radical (unpaired) electrons. The molecule has 0 bridgehead atoms. The summed E-state index contributed by atoms with van der Waals surface area (Å²) < 4.78 is 27.8. The summed E-state index contributed by atoms with van der Waals surface area (Å²) in [4.78, 5) is 11.6. The molecule has 0 saturated heterocycles. The first-order valence-corrected chi connectivity index (χ1v) is 13.9. The Morgan fingerprint density at radius 3 is 2.39 bits per heavy atom. The molecule has 1 atom stereocenters. The molecule has 1 unspecified atom stereocenters. The van der Waals surface area contributed by atoms with Gasteiger partial charge in [-0.05, 0) is 99.0 Å². The largest absolute Gasteiger partial charge is 0.494 e. The Morgan fingerprint density at radius 1 is 1.06 bits per heavy atom. The normalized spacial score (nSPS) is 23.3. The van der Waals surface area contributed by atoms with E-state index in [4.69, 9.17) is 9.47 Å². The SMILES string of the molecule is CCC(=O)NC(C)c1ccc(OC2CCC(CC3=C(CC)C=CCC(OCC4CC4)=C3F)CC2)cc1. The molecule has 4 rings (SSSR count). The first-order valence-electron chi connectivity index (χ1n) is 13.9. The van der Waals surface area contributed by atoms with Gasteiger partial charge in [-0.3, -0.25) is 4.79 Å². The molecule has 4 nitrogen and oxygen atoms in total. The van der Waals surface area contributed by atoms with E-state index in [1.165, 1.54) is 12.8 Å². The Bertz CT molecular complexity index is 982. The van der Waals surface area contributed by atoms with Crippen LogP contribution in [0.25, 0.3) is 0 Å². The van der Waals surface area contributed by atoms with Crippen molar-refractivity contribution in [3.05, 3.63) is 64.7 Å². The fourth-order valence-electron chi connectivity index (χ4n) is 5.18. The van der Waals surface area contributed by atoms with Crippen LogP contribution in [0.3, 0.4) is 0 Å². The molecule has 1 N–H and O–H groups in total. The van der Waals surface area contributed by atoms with Crippen molar-refractivity contribution in [1.29, 1.82) is 0 Å². The molecule has 0 aliphatic heterocycles. The lowest BCUT2D eigenvalue weighted by atomic mass is 9.82. The van der Waals surface area contributed by atoms with Gasteiger partial charge in [-0.2, -0.15) is 0 Å². The van der Waals surface area contributed by atoms with Crippen molar-refractivity contribution < 1.29 is 18.7 Å². The molecule has 0 spiro atoms. The number of carbonyl (C=O) groups is 1. The number of ether oxygens (including phenoxy) is 2. The van der Waals surface area contributed by atoms with Gasteiger partial charge in [0.2, 0.25) is 5.91 Å². The van der Waals surface area contributed by atoms with Crippen LogP contribution in [0.15, 0.2) is 59.1 Å². The third kappa shape index (κ3) is 7.24. The fourth-order valence-corrected chi connectivity index (χ4v) is 5.18. The van der Waals surface area contributed by atoms with Crippen molar-refractivity contribution in [3.63, 3.8) is 0 Å². The molecule has 196 valence electrons. The van der Waals surface area contributed by atoms with Gasteiger partial charge in [0.1, 0.15) is 11.5 Å². The number of benzene rings is 1. The summed E-state index contributed by atoms with van der Waals surface area (Å²) in [5, 5.41) is 2.99. The highest BCUT2D eigenvalue weighted by molar-refractivity contribution is 5.76. The molecule has 0 heterocycles. The van der Waals surface area contributed by atoms with Crippen LogP contribution in [0.2, 0.25) is 0 Å². The van der Waals surface area contributed by atoms with E-state index >= 15 is 4.39 Å². The minimum absolute atomic E-state index is 0.0165. The van der Waals surface area contributed by atoms with Crippen LogP contribution in [0, 0.1) is 11.8 Å². The van der Waals surface area contributed by atoms with Crippen molar-refractivity contribution in [1.82, 2.24) is 5.32 Å². The molecule has 5 heteroatoms. The minimum Gasteiger partial charge on any atom is -0.494 e. The molecular weight excluding hydrogens is 453 g/mol. The molecule has 2 saturated carbocycles. The predicted octanol–water partition coefficient (Wildman–Crippen LogP) is 7.88. The smallest absolute Gasteiger partial charge is 0.220 e. The van der Waals surface area contributed by atoms with Crippen LogP contribution in [0.4, 0.5) is 4.39 Å². The summed E-state index contributed by atoms with van der Waals surface area (Å²) in [6.45, 7) is 6.61. The highest BCUT2D eigenvalue weighted by atomic mass is 19.1. The van der Waals surface area contributed by atoms with Crippen molar-refractivity contribution >= 4 is 5.91 Å². The monoisotopic (exact) mass is 495 g/mol. The summed E-state index contributed by atoms with van der Waals surface area (Å²) >= 11 is 0. The molecule has 3 aliphatic rings. The highest BCUT2D eigenvalue weighted by Gasteiger charge is 2.28. The first-order chi connectivity index (χ1) is 17.5. The second-order valence-electron chi connectivity index (χ2n) is 10.6. The fraction of sp³-hybridized carbons (Fsp3) is 0.581. The second kappa shape index (κ2) is 12.6. The van der Waals surface area contributed by atoms with Gasteiger partial charge >= 0.3 is 0 Å². The number of halogens is 1. The zero-order chi connectivity index (χ0) is 25.5. The lowest BCUT2D eigenvalue weighted by molar-refractivity contribution is -0.121. The quantitative estimate of drug-likeness (QED) is 0.340. The van der Waals surface area contributed by atoms with Gasteiger partial charge in [0.15, 0.2) is 5.83 Å². The van der Waals surface area contributed by atoms with Gasteiger partial charge < -0.3 is 14.8 Å².